The van der Waals surface area contributed by atoms with E-state index in [-0.39, 0.29) is 0 Å². The van der Waals surface area contributed by atoms with Crippen LogP contribution < -0.4 is 10.6 Å². The Labute approximate surface area is 179 Å². The van der Waals surface area contributed by atoms with Crippen LogP contribution in [0.25, 0.3) is 16.8 Å². The number of aromatic nitrogens is 2. The van der Waals surface area contributed by atoms with Crippen molar-refractivity contribution in [3.05, 3.63) is 79.1 Å². The molecule has 1 saturated carbocycles. The first-order valence-electron chi connectivity index (χ1n) is 11.0. The van der Waals surface area contributed by atoms with Gasteiger partial charge in [-0.2, -0.15) is 0 Å². The lowest BCUT2D eigenvalue weighted by Crippen LogP contribution is -2.18. The van der Waals surface area contributed by atoms with E-state index in [0.717, 1.165) is 40.5 Å². The highest BCUT2D eigenvalue weighted by Crippen LogP contribution is 2.26. The molecule has 0 radical (unpaired) electrons. The van der Waals surface area contributed by atoms with Crippen molar-refractivity contribution in [1.29, 1.82) is 0 Å². The summed E-state index contributed by atoms with van der Waals surface area (Å²) in [6.45, 7) is 5.22. The first-order valence-corrected chi connectivity index (χ1v) is 11.0. The van der Waals surface area contributed by atoms with Crippen LogP contribution in [-0.2, 0) is 0 Å². The average molecular weight is 399 g/mol. The minimum Gasteiger partial charge on any atom is -0.385 e. The van der Waals surface area contributed by atoms with E-state index < -0.39 is 0 Å². The monoisotopic (exact) mass is 398 g/mol. The molecular formula is C26H30N4. The fourth-order valence-electron chi connectivity index (χ4n) is 4.09. The number of rotatable bonds is 8. The Morgan fingerprint density at radius 2 is 1.67 bits per heavy atom. The molecule has 1 aromatic heterocycles. The van der Waals surface area contributed by atoms with E-state index in [9.17, 15) is 0 Å². The Balaban J connectivity index is 1.33. The molecule has 1 aliphatic carbocycles. The Hall–Kier alpha value is -3.14. The maximum Gasteiger partial charge on any atom is 0.227 e. The maximum absolute atomic E-state index is 4.47. The Morgan fingerprint density at radius 3 is 2.43 bits per heavy atom. The van der Waals surface area contributed by atoms with Crippen LogP contribution in [0.2, 0.25) is 0 Å². The second kappa shape index (κ2) is 10.1. The normalized spacial score (nSPS) is 14.3. The van der Waals surface area contributed by atoms with Crippen LogP contribution in [0, 0.1) is 5.92 Å². The molecule has 4 rings (SSSR count). The zero-order chi connectivity index (χ0) is 20.6. The van der Waals surface area contributed by atoms with Gasteiger partial charge in [0, 0.05) is 35.9 Å². The molecule has 1 fully saturated rings. The van der Waals surface area contributed by atoms with Crippen molar-refractivity contribution in [3.63, 3.8) is 0 Å². The molecule has 4 heteroatoms. The highest BCUT2D eigenvalue weighted by molar-refractivity contribution is 5.68. The van der Waals surface area contributed by atoms with Gasteiger partial charge in [0.2, 0.25) is 5.95 Å². The molecule has 2 aromatic carbocycles. The topological polar surface area (TPSA) is 49.8 Å². The van der Waals surface area contributed by atoms with Gasteiger partial charge < -0.3 is 10.6 Å². The molecule has 0 amide bonds. The standard InChI is InChI=1S/C26H30N4/c1-20(27-16-15-21-9-4-2-5-10-21)23-13-8-14-25(17-23)30-26-28-18-24(19-29-26)22-11-6-3-7-12-22/h3,6-8,11-14,17-19,21,27H,1-2,4-5,9-10,15-16H2,(H,28,29,30). The molecule has 2 N–H and O–H groups in total. The summed E-state index contributed by atoms with van der Waals surface area (Å²) in [7, 11) is 0. The van der Waals surface area contributed by atoms with Gasteiger partial charge in [-0.25, -0.2) is 9.97 Å². The van der Waals surface area contributed by atoms with Crippen LogP contribution in [0.5, 0.6) is 0 Å². The second-order valence-electron chi connectivity index (χ2n) is 8.07. The van der Waals surface area contributed by atoms with Crippen molar-refractivity contribution in [1.82, 2.24) is 15.3 Å². The Bertz CT molecular complexity index is 944. The Kier molecular flexibility index (Phi) is 6.75. The van der Waals surface area contributed by atoms with Gasteiger partial charge in [0.15, 0.2) is 0 Å². The number of nitrogens with zero attached hydrogens (tertiary/aromatic N) is 2. The first-order chi connectivity index (χ1) is 14.8. The molecule has 0 atom stereocenters. The van der Waals surface area contributed by atoms with E-state index in [2.05, 4.69) is 51.4 Å². The smallest absolute Gasteiger partial charge is 0.227 e. The summed E-state index contributed by atoms with van der Waals surface area (Å²) >= 11 is 0. The fraction of sp³-hybridized carbons (Fsp3) is 0.308. The van der Waals surface area contributed by atoms with E-state index in [1.165, 1.54) is 38.5 Å². The summed E-state index contributed by atoms with van der Waals surface area (Å²) in [4.78, 5) is 8.93. The van der Waals surface area contributed by atoms with Crippen LogP contribution >= 0.6 is 0 Å². The molecule has 1 heterocycles. The Morgan fingerprint density at radius 1 is 0.900 bits per heavy atom. The first kappa shape index (κ1) is 20.1. The number of anilines is 2. The summed E-state index contributed by atoms with van der Waals surface area (Å²) in [5, 5.41) is 6.80. The van der Waals surface area contributed by atoms with E-state index >= 15 is 0 Å². The van der Waals surface area contributed by atoms with Crippen LogP contribution in [0.15, 0.2) is 73.6 Å². The zero-order valence-corrected chi connectivity index (χ0v) is 17.5. The third-order valence-electron chi connectivity index (χ3n) is 5.84. The van der Waals surface area contributed by atoms with Gasteiger partial charge in [0.1, 0.15) is 0 Å². The number of hydrogen-bond donors (Lipinski definition) is 2. The van der Waals surface area contributed by atoms with Gasteiger partial charge in [0.25, 0.3) is 0 Å². The molecule has 0 bridgehead atoms. The van der Waals surface area contributed by atoms with Crippen molar-refractivity contribution >= 4 is 17.3 Å². The lowest BCUT2D eigenvalue weighted by molar-refractivity contribution is 0.339. The summed E-state index contributed by atoms with van der Waals surface area (Å²) in [5.41, 5.74) is 5.13. The molecule has 154 valence electrons. The molecular weight excluding hydrogens is 368 g/mol. The summed E-state index contributed by atoms with van der Waals surface area (Å²) in [6.07, 6.45) is 11.9. The highest BCUT2D eigenvalue weighted by atomic mass is 15.1. The second-order valence-corrected chi connectivity index (χ2v) is 8.07. The molecule has 0 saturated heterocycles. The quantitative estimate of drug-likeness (QED) is 0.460. The van der Waals surface area contributed by atoms with Gasteiger partial charge >= 0.3 is 0 Å². The number of nitrogens with one attached hydrogen (secondary N) is 2. The highest BCUT2D eigenvalue weighted by Gasteiger charge is 2.13. The van der Waals surface area contributed by atoms with E-state index in [1.807, 2.05) is 42.7 Å². The van der Waals surface area contributed by atoms with Crippen molar-refractivity contribution in [2.45, 2.75) is 38.5 Å². The van der Waals surface area contributed by atoms with E-state index in [0.29, 0.717) is 5.95 Å². The fourth-order valence-corrected chi connectivity index (χ4v) is 4.09. The largest absolute Gasteiger partial charge is 0.385 e. The number of benzene rings is 2. The van der Waals surface area contributed by atoms with Crippen LogP contribution in [-0.4, -0.2) is 16.5 Å². The van der Waals surface area contributed by atoms with E-state index in [1.54, 1.807) is 0 Å². The average Bonchev–Trinajstić information content (AvgIpc) is 2.81. The van der Waals surface area contributed by atoms with Gasteiger partial charge in [0.05, 0.1) is 0 Å². The summed E-state index contributed by atoms with van der Waals surface area (Å²) in [6, 6.07) is 18.4. The van der Waals surface area contributed by atoms with Crippen molar-refractivity contribution in [2.75, 3.05) is 11.9 Å². The molecule has 1 aliphatic rings. The molecule has 0 unspecified atom stereocenters. The summed E-state index contributed by atoms with van der Waals surface area (Å²) in [5.74, 6) is 1.46. The van der Waals surface area contributed by atoms with Crippen molar-refractivity contribution < 1.29 is 0 Å². The third kappa shape index (κ3) is 5.47. The van der Waals surface area contributed by atoms with Crippen molar-refractivity contribution in [3.8, 4) is 11.1 Å². The molecule has 0 spiro atoms. The maximum atomic E-state index is 4.47. The predicted molar refractivity (Wildman–Crippen MR) is 125 cm³/mol. The zero-order valence-electron chi connectivity index (χ0n) is 17.5. The molecule has 4 nitrogen and oxygen atoms in total. The molecule has 3 aromatic rings. The summed E-state index contributed by atoms with van der Waals surface area (Å²) < 4.78 is 0. The van der Waals surface area contributed by atoms with Gasteiger partial charge in [-0.05, 0) is 35.6 Å². The SMILES string of the molecule is C=C(NCCC1CCCCC1)c1cccc(Nc2ncc(-c3ccccc3)cn2)c1. The van der Waals surface area contributed by atoms with E-state index in [4.69, 9.17) is 0 Å². The molecule has 0 aliphatic heterocycles. The number of hydrogen-bond acceptors (Lipinski definition) is 4. The van der Waals surface area contributed by atoms with Gasteiger partial charge in [-0.15, -0.1) is 0 Å². The van der Waals surface area contributed by atoms with Crippen LogP contribution in [0.3, 0.4) is 0 Å². The van der Waals surface area contributed by atoms with Crippen molar-refractivity contribution in [2.24, 2.45) is 5.92 Å². The predicted octanol–water partition coefficient (Wildman–Crippen LogP) is 6.42. The van der Waals surface area contributed by atoms with Crippen LogP contribution in [0.4, 0.5) is 11.6 Å². The van der Waals surface area contributed by atoms with Crippen LogP contribution in [0.1, 0.15) is 44.1 Å². The lowest BCUT2D eigenvalue weighted by atomic mass is 9.87. The minimum atomic E-state index is 0.586. The minimum absolute atomic E-state index is 0.586. The molecule has 30 heavy (non-hydrogen) atoms. The van der Waals surface area contributed by atoms with Gasteiger partial charge in [-0.1, -0.05) is 81.1 Å². The third-order valence-corrected chi connectivity index (χ3v) is 5.84. The lowest BCUT2D eigenvalue weighted by Gasteiger charge is -2.22. The van der Waals surface area contributed by atoms with Gasteiger partial charge in [-0.3, -0.25) is 0 Å².